The van der Waals surface area contributed by atoms with Crippen molar-refractivity contribution in [2.24, 2.45) is 0 Å². The first-order chi connectivity index (χ1) is 5.76. The van der Waals surface area contributed by atoms with Crippen LogP contribution in [0.1, 0.15) is 24.8 Å². The Kier molecular flexibility index (Phi) is 2.99. The molecule has 1 nitrogen and oxygen atoms in total. The lowest BCUT2D eigenvalue weighted by Gasteiger charge is -2.08. The summed E-state index contributed by atoms with van der Waals surface area (Å²) in [5, 5.41) is 3.36. The molecule has 1 aromatic rings. The van der Waals surface area contributed by atoms with E-state index in [0.29, 0.717) is 5.54 Å². The van der Waals surface area contributed by atoms with Crippen LogP contribution in [0.3, 0.4) is 0 Å². The fourth-order valence-corrected chi connectivity index (χ4v) is 1.81. The van der Waals surface area contributed by atoms with Crippen molar-refractivity contribution in [3.8, 4) is 0 Å². The van der Waals surface area contributed by atoms with E-state index < -0.39 is 0 Å². The van der Waals surface area contributed by atoms with Crippen molar-refractivity contribution >= 4 is 12.4 Å². The van der Waals surface area contributed by atoms with E-state index in [9.17, 15) is 0 Å². The summed E-state index contributed by atoms with van der Waals surface area (Å²) < 4.78 is 0. The minimum absolute atomic E-state index is 0. The van der Waals surface area contributed by atoms with Crippen molar-refractivity contribution in [2.45, 2.75) is 24.8 Å². The summed E-state index contributed by atoms with van der Waals surface area (Å²) in [6.07, 6.45) is 1.27. The molecule has 0 spiro atoms. The zero-order chi connectivity index (χ0) is 8.60. The highest BCUT2D eigenvalue weighted by Crippen LogP contribution is 2.50. The van der Waals surface area contributed by atoms with Crippen LogP contribution >= 0.6 is 12.4 Å². The van der Waals surface area contributed by atoms with E-state index in [1.807, 2.05) is 7.05 Å². The molecule has 72 valence electrons. The number of hydrogen-bond acceptors (Lipinski definition) is 1. The number of halogens is 1. The van der Waals surface area contributed by atoms with E-state index in [1.165, 1.54) is 12.0 Å². The quantitative estimate of drug-likeness (QED) is 0.769. The molecule has 0 saturated heterocycles. The third-order valence-electron chi connectivity index (χ3n) is 3.01. The lowest BCUT2D eigenvalue weighted by Crippen LogP contribution is -2.24. The Hall–Kier alpha value is -0.530. The largest absolute Gasteiger partial charge is 0.314 e. The fourth-order valence-electron chi connectivity index (χ4n) is 1.81. The number of hydrogen-bond donors (Lipinski definition) is 1. The number of likely N-dealkylation sites (N-methyl/N-ethyl adjacent to an activating group) is 1. The highest BCUT2D eigenvalue weighted by molar-refractivity contribution is 5.85. The Morgan fingerprint density at radius 1 is 1.31 bits per heavy atom. The standard InChI is InChI=1S/C11H15N.ClH/c1-11(12-2)8-10(11)9-6-4-3-5-7-9;/h3-7,10,12H,8H2,1-2H3;1H/t10-,11+;/m0./s1. The summed E-state index contributed by atoms with van der Waals surface area (Å²) in [6.45, 7) is 2.28. The average Bonchev–Trinajstić information content (AvgIpc) is 2.81. The summed E-state index contributed by atoms with van der Waals surface area (Å²) in [7, 11) is 2.04. The van der Waals surface area contributed by atoms with Gasteiger partial charge in [0.15, 0.2) is 0 Å². The SMILES string of the molecule is CN[C@]1(C)C[C@H]1c1ccccc1.Cl. The molecule has 0 aromatic heterocycles. The second kappa shape index (κ2) is 3.69. The normalized spacial score (nSPS) is 30.8. The van der Waals surface area contributed by atoms with E-state index in [4.69, 9.17) is 0 Å². The molecule has 2 heteroatoms. The predicted octanol–water partition coefficient (Wildman–Crippen LogP) is 2.57. The van der Waals surface area contributed by atoms with Crippen LogP contribution in [0.25, 0.3) is 0 Å². The predicted molar refractivity (Wildman–Crippen MR) is 58.5 cm³/mol. The Bertz CT molecular complexity index is 273. The molecule has 2 rings (SSSR count). The molecule has 0 radical (unpaired) electrons. The molecule has 13 heavy (non-hydrogen) atoms. The summed E-state index contributed by atoms with van der Waals surface area (Å²) in [4.78, 5) is 0. The number of nitrogens with one attached hydrogen (secondary N) is 1. The summed E-state index contributed by atoms with van der Waals surface area (Å²) in [6, 6.07) is 10.7. The maximum absolute atomic E-state index is 3.36. The van der Waals surface area contributed by atoms with Gasteiger partial charge in [-0.15, -0.1) is 12.4 Å². The van der Waals surface area contributed by atoms with Crippen LogP contribution in [0.4, 0.5) is 0 Å². The van der Waals surface area contributed by atoms with Crippen molar-refractivity contribution in [1.29, 1.82) is 0 Å². The zero-order valence-electron chi connectivity index (χ0n) is 8.08. The van der Waals surface area contributed by atoms with E-state index in [1.54, 1.807) is 0 Å². The van der Waals surface area contributed by atoms with Gasteiger partial charge >= 0.3 is 0 Å². The van der Waals surface area contributed by atoms with Crippen molar-refractivity contribution < 1.29 is 0 Å². The van der Waals surface area contributed by atoms with Crippen LogP contribution < -0.4 is 5.32 Å². The first-order valence-corrected chi connectivity index (χ1v) is 4.50. The summed E-state index contributed by atoms with van der Waals surface area (Å²) in [5.41, 5.74) is 1.83. The van der Waals surface area contributed by atoms with Gasteiger partial charge in [-0.3, -0.25) is 0 Å². The van der Waals surface area contributed by atoms with Crippen molar-refractivity contribution in [3.05, 3.63) is 35.9 Å². The molecule has 0 heterocycles. The molecule has 1 saturated carbocycles. The highest BCUT2D eigenvalue weighted by atomic mass is 35.5. The van der Waals surface area contributed by atoms with Gasteiger partial charge in [0.1, 0.15) is 0 Å². The molecule has 1 aliphatic carbocycles. The molecule has 0 aliphatic heterocycles. The molecular formula is C11H16ClN. The van der Waals surface area contributed by atoms with E-state index in [0.717, 1.165) is 5.92 Å². The average molecular weight is 198 g/mol. The van der Waals surface area contributed by atoms with Gasteiger partial charge < -0.3 is 5.32 Å². The molecule has 2 atom stereocenters. The summed E-state index contributed by atoms with van der Waals surface area (Å²) >= 11 is 0. The summed E-state index contributed by atoms with van der Waals surface area (Å²) in [5.74, 6) is 0.726. The monoisotopic (exact) mass is 197 g/mol. The van der Waals surface area contributed by atoms with Gasteiger partial charge in [-0.1, -0.05) is 30.3 Å². The second-order valence-electron chi connectivity index (χ2n) is 3.83. The topological polar surface area (TPSA) is 12.0 Å². The van der Waals surface area contributed by atoms with Gasteiger partial charge in [-0.25, -0.2) is 0 Å². The third-order valence-corrected chi connectivity index (χ3v) is 3.01. The molecule has 0 amide bonds. The second-order valence-corrected chi connectivity index (χ2v) is 3.83. The minimum Gasteiger partial charge on any atom is -0.314 e. The third kappa shape index (κ3) is 1.87. The molecule has 1 aliphatic rings. The zero-order valence-corrected chi connectivity index (χ0v) is 8.90. The van der Waals surface area contributed by atoms with Crippen LogP contribution in [-0.4, -0.2) is 12.6 Å². The van der Waals surface area contributed by atoms with E-state index in [-0.39, 0.29) is 12.4 Å². The van der Waals surface area contributed by atoms with Gasteiger partial charge in [0.2, 0.25) is 0 Å². The Morgan fingerprint density at radius 2 is 1.92 bits per heavy atom. The van der Waals surface area contributed by atoms with Crippen molar-refractivity contribution in [1.82, 2.24) is 5.32 Å². The Morgan fingerprint density at radius 3 is 2.38 bits per heavy atom. The lowest BCUT2D eigenvalue weighted by atomic mass is 10.1. The van der Waals surface area contributed by atoms with Gasteiger partial charge in [0.25, 0.3) is 0 Å². The minimum atomic E-state index is 0. The van der Waals surface area contributed by atoms with Crippen molar-refractivity contribution in [2.75, 3.05) is 7.05 Å². The lowest BCUT2D eigenvalue weighted by molar-refractivity contribution is 0.586. The van der Waals surface area contributed by atoms with Gasteiger partial charge in [-0.05, 0) is 26.0 Å². The van der Waals surface area contributed by atoms with Crippen LogP contribution in [0.15, 0.2) is 30.3 Å². The van der Waals surface area contributed by atoms with Gasteiger partial charge in [-0.2, -0.15) is 0 Å². The van der Waals surface area contributed by atoms with Crippen LogP contribution in [0, 0.1) is 0 Å². The van der Waals surface area contributed by atoms with E-state index in [2.05, 4.69) is 42.6 Å². The molecule has 0 bridgehead atoms. The number of benzene rings is 1. The maximum atomic E-state index is 3.36. The first-order valence-electron chi connectivity index (χ1n) is 4.50. The fraction of sp³-hybridized carbons (Fsp3) is 0.455. The maximum Gasteiger partial charge on any atom is 0.0226 e. The van der Waals surface area contributed by atoms with Crippen LogP contribution in [0.5, 0.6) is 0 Å². The number of rotatable bonds is 2. The first kappa shape index (κ1) is 10.6. The molecule has 1 fully saturated rings. The molecule has 1 aromatic carbocycles. The van der Waals surface area contributed by atoms with Crippen LogP contribution in [-0.2, 0) is 0 Å². The van der Waals surface area contributed by atoms with Crippen LogP contribution in [0.2, 0.25) is 0 Å². The smallest absolute Gasteiger partial charge is 0.0226 e. The van der Waals surface area contributed by atoms with Gasteiger partial charge in [0.05, 0.1) is 0 Å². The molecular weight excluding hydrogens is 182 g/mol. The molecule has 0 unspecified atom stereocenters. The Balaban J connectivity index is 0.000000845. The van der Waals surface area contributed by atoms with Crippen molar-refractivity contribution in [3.63, 3.8) is 0 Å². The molecule has 1 N–H and O–H groups in total. The van der Waals surface area contributed by atoms with Gasteiger partial charge in [0, 0.05) is 11.5 Å². The Labute approximate surface area is 86.0 Å². The highest BCUT2D eigenvalue weighted by Gasteiger charge is 2.49. The van der Waals surface area contributed by atoms with E-state index >= 15 is 0 Å².